The second kappa shape index (κ2) is 9.28. The number of halogens is 2. The van der Waals surface area contributed by atoms with Crippen molar-refractivity contribution in [3.05, 3.63) is 0 Å². The second-order valence-corrected chi connectivity index (χ2v) is 6.81. The zero-order valence-electron chi connectivity index (χ0n) is 10.4. The average molecular weight is 467 g/mol. The van der Waals surface area contributed by atoms with Gasteiger partial charge in [-0.15, -0.1) is 0 Å². The van der Waals surface area contributed by atoms with E-state index in [0.717, 1.165) is 34.3 Å². The number of aliphatic hydroxyl groups excluding tert-OH is 1. The van der Waals surface area contributed by atoms with Gasteiger partial charge in [-0.25, -0.2) is 0 Å². The van der Waals surface area contributed by atoms with E-state index >= 15 is 0 Å². The van der Waals surface area contributed by atoms with Crippen molar-refractivity contribution in [2.45, 2.75) is 31.9 Å². The summed E-state index contributed by atoms with van der Waals surface area (Å²) >= 11 is 4.78. The third kappa shape index (κ3) is 6.89. The van der Waals surface area contributed by atoms with Gasteiger partial charge in [-0.3, -0.25) is 0 Å². The minimum atomic E-state index is -0.318. The summed E-state index contributed by atoms with van der Waals surface area (Å²) in [5.74, 6) is 1.36. The summed E-state index contributed by atoms with van der Waals surface area (Å²) < 4.78 is 7.84. The Morgan fingerprint density at radius 2 is 2.06 bits per heavy atom. The van der Waals surface area contributed by atoms with Crippen LogP contribution in [0.5, 0.6) is 0 Å². The summed E-state index contributed by atoms with van der Waals surface area (Å²) in [5, 5.41) is 13.3. The summed E-state index contributed by atoms with van der Waals surface area (Å²) in [5.41, 5.74) is 0. The van der Waals surface area contributed by atoms with Crippen LogP contribution in [0.4, 0.5) is 0 Å². The topological polar surface area (TPSA) is 41.5 Å². The Morgan fingerprint density at radius 1 is 1.35 bits per heavy atom. The molecule has 0 aliphatic carbocycles. The van der Waals surface area contributed by atoms with Crippen molar-refractivity contribution in [2.75, 3.05) is 28.6 Å². The highest BCUT2D eigenvalue weighted by atomic mass is 127. The van der Waals surface area contributed by atoms with Gasteiger partial charge in [0, 0.05) is 20.8 Å². The summed E-state index contributed by atoms with van der Waals surface area (Å²) in [4.78, 5) is 0. The van der Waals surface area contributed by atoms with Crippen LogP contribution in [-0.4, -0.2) is 45.9 Å². The lowest BCUT2D eigenvalue weighted by molar-refractivity contribution is 0.0197. The van der Waals surface area contributed by atoms with E-state index < -0.39 is 0 Å². The number of rotatable bonds is 8. The van der Waals surface area contributed by atoms with Crippen LogP contribution in [-0.2, 0) is 4.74 Å². The Balaban J connectivity index is 2.06. The minimum absolute atomic E-state index is 0.318. The summed E-state index contributed by atoms with van der Waals surface area (Å²) in [7, 11) is 0. The highest BCUT2D eigenvalue weighted by Gasteiger charge is 2.23. The summed E-state index contributed by atoms with van der Waals surface area (Å²) in [6.07, 6.45) is 1.69. The fourth-order valence-corrected chi connectivity index (χ4v) is 4.42. The Labute approximate surface area is 132 Å². The zero-order valence-corrected chi connectivity index (χ0v) is 14.7. The van der Waals surface area contributed by atoms with Crippen LogP contribution >= 0.6 is 45.2 Å². The van der Waals surface area contributed by atoms with Crippen LogP contribution in [0.2, 0.25) is 0 Å². The number of ether oxygens (including phenoxy) is 1. The summed E-state index contributed by atoms with van der Waals surface area (Å²) in [6, 6.07) is 0.480. The number of alkyl halides is 2. The van der Waals surface area contributed by atoms with Crippen molar-refractivity contribution in [1.82, 2.24) is 5.32 Å². The maximum atomic E-state index is 9.89. The van der Waals surface area contributed by atoms with Gasteiger partial charge in [-0.1, -0.05) is 52.1 Å². The first kappa shape index (κ1) is 16.4. The molecule has 1 aliphatic heterocycles. The molecule has 0 aromatic heterocycles. The largest absolute Gasteiger partial charge is 0.391 e. The fourth-order valence-electron chi connectivity index (χ4n) is 2.10. The van der Waals surface area contributed by atoms with Crippen LogP contribution in [0.15, 0.2) is 0 Å². The third-order valence-electron chi connectivity index (χ3n) is 3.10. The lowest BCUT2D eigenvalue weighted by Gasteiger charge is -2.17. The van der Waals surface area contributed by atoms with Gasteiger partial charge in [0.1, 0.15) is 0 Å². The van der Waals surface area contributed by atoms with Gasteiger partial charge >= 0.3 is 0 Å². The first-order chi connectivity index (χ1) is 8.15. The molecule has 0 bridgehead atoms. The van der Waals surface area contributed by atoms with Crippen molar-refractivity contribution in [3.8, 4) is 0 Å². The van der Waals surface area contributed by atoms with E-state index in [4.69, 9.17) is 4.74 Å². The number of hydrogen-bond donors (Lipinski definition) is 2. The van der Waals surface area contributed by atoms with Crippen LogP contribution < -0.4 is 5.32 Å². The Morgan fingerprint density at radius 3 is 2.59 bits per heavy atom. The quantitative estimate of drug-likeness (QED) is 0.426. The molecule has 102 valence electrons. The number of aliphatic hydroxyl groups is 1. The maximum absolute atomic E-state index is 9.89. The van der Waals surface area contributed by atoms with Crippen molar-refractivity contribution in [2.24, 2.45) is 11.8 Å². The van der Waals surface area contributed by atoms with E-state index in [1.807, 2.05) is 0 Å². The van der Waals surface area contributed by atoms with Crippen LogP contribution in [0.3, 0.4) is 0 Å². The van der Waals surface area contributed by atoms with Gasteiger partial charge in [0.05, 0.1) is 19.3 Å². The van der Waals surface area contributed by atoms with Gasteiger partial charge in [0.25, 0.3) is 0 Å². The first-order valence-corrected chi connectivity index (χ1v) is 9.32. The summed E-state index contributed by atoms with van der Waals surface area (Å²) in [6.45, 7) is 4.60. The average Bonchev–Trinajstić information content (AvgIpc) is 2.70. The molecule has 2 N–H and O–H groups in total. The van der Waals surface area contributed by atoms with Crippen LogP contribution in [0.1, 0.15) is 19.8 Å². The lowest BCUT2D eigenvalue weighted by Crippen LogP contribution is -2.29. The minimum Gasteiger partial charge on any atom is -0.391 e. The van der Waals surface area contributed by atoms with Crippen molar-refractivity contribution >= 4 is 45.2 Å². The fraction of sp³-hybridized carbons (Fsp3) is 1.00. The van der Waals surface area contributed by atoms with Gasteiger partial charge in [-0.2, -0.15) is 0 Å². The van der Waals surface area contributed by atoms with Gasteiger partial charge in [0.2, 0.25) is 0 Å². The SMILES string of the molecule is C[C@@H]1CNC(CC(O)COCC(CI)CI)C1. The predicted molar refractivity (Wildman–Crippen MR) is 88.3 cm³/mol. The van der Waals surface area contributed by atoms with Crippen molar-refractivity contribution < 1.29 is 9.84 Å². The Hall–Kier alpha value is 1.34. The van der Waals surface area contributed by atoms with Gasteiger partial charge in [-0.05, 0) is 25.3 Å². The number of nitrogens with one attached hydrogen (secondary N) is 1. The van der Waals surface area contributed by atoms with Crippen LogP contribution in [0.25, 0.3) is 0 Å². The Bertz CT molecular complexity index is 203. The molecule has 17 heavy (non-hydrogen) atoms. The molecule has 0 aromatic carbocycles. The standard InChI is InChI=1S/C12H23I2NO2/c1-9-2-11(15-6-9)3-12(16)8-17-7-10(4-13)5-14/h9-12,15-16H,2-8H2,1H3/t9-,11?,12?/m0/s1. The molecule has 1 rings (SSSR count). The predicted octanol–water partition coefficient (Wildman–Crippen LogP) is 2.24. The van der Waals surface area contributed by atoms with Crippen molar-refractivity contribution in [1.29, 1.82) is 0 Å². The van der Waals surface area contributed by atoms with Crippen LogP contribution in [0, 0.1) is 11.8 Å². The molecule has 0 spiro atoms. The maximum Gasteiger partial charge on any atom is 0.0788 e. The molecule has 5 heteroatoms. The molecule has 0 amide bonds. The third-order valence-corrected chi connectivity index (χ3v) is 5.59. The highest BCUT2D eigenvalue weighted by Crippen LogP contribution is 2.17. The lowest BCUT2D eigenvalue weighted by atomic mass is 10.0. The molecular formula is C12H23I2NO2. The molecule has 0 radical (unpaired) electrons. The normalized spacial score (nSPS) is 26.6. The van der Waals surface area contributed by atoms with E-state index in [0.29, 0.717) is 18.6 Å². The van der Waals surface area contributed by atoms with Gasteiger partial charge < -0.3 is 15.2 Å². The molecule has 3 atom stereocenters. The first-order valence-electron chi connectivity index (χ1n) is 6.26. The highest BCUT2D eigenvalue weighted by molar-refractivity contribution is 14.1. The molecule has 1 aliphatic rings. The number of hydrogen-bond acceptors (Lipinski definition) is 3. The molecule has 1 heterocycles. The molecule has 3 nitrogen and oxygen atoms in total. The second-order valence-electron chi connectivity index (χ2n) is 5.05. The van der Waals surface area contributed by atoms with E-state index in [1.165, 1.54) is 6.42 Å². The molecule has 2 unspecified atom stereocenters. The molecule has 1 saturated heterocycles. The Kier molecular flexibility index (Phi) is 8.95. The molecule has 0 saturated carbocycles. The van der Waals surface area contributed by atoms with Gasteiger partial charge in [0.15, 0.2) is 0 Å². The monoisotopic (exact) mass is 467 g/mol. The van der Waals surface area contributed by atoms with E-state index in [-0.39, 0.29) is 6.10 Å². The van der Waals surface area contributed by atoms with E-state index in [2.05, 4.69) is 57.4 Å². The smallest absolute Gasteiger partial charge is 0.0788 e. The molecule has 0 aromatic rings. The molecule has 1 fully saturated rings. The molecular weight excluding hydrogens is 444 g/mol. The van der Waals surface area contributed by atoms with Crippen molar-refractivity contribution in [3.63, 3.8) is 0 Å². The zero-order chi connectivity index (χ0) is 12.7. The van der Waals surface area contributed by atoms with E-state index in [9.17, 15) is 5.11 Å². The van der Waals surface area contributed by atoms with E-state index in [1.54, 1.807) is 0 Å².